The molecule has 1 aromatic carbocycles. The number of pyridine rings is 1. The second-order valence-electron chi connectivity index (χ2n) is 8.24. The Morgan fingerprint density at radius 3 is 2.71 bits per heavy atom. The molecule has 164 valence electrons. The molecule has 7 nitrogen and oxygen atoms in total. The molecule has 1 aliphatic heterocycles. The van der Waals surface area contributed by atoms with Crippen LogP contribution >= 0.6 is 15.9 Å². The van der Waals surface area contributed by atoms with Crippen molar-refractivity contribution in [3.8, 4) is 0 Å². The fourth-order valence-electron chi connectivity index (χ4n) is 4.80. The molecular formula is C23H25BrN2O5. The van der Waals surface area contributed by atoms with Gasteiger partial charge in [-0.2, -0.15) is 0 Å². The third-order valence-corrected chi connectivity index (χ3v) is 6.92. The number of amides is 1. The van der Waals surface area contributed by atoms with Gasteiger partial charge in [-0.3, -0.25) is 4.98 Å². The van der Waals surface area contributed by atoms with Crippen molar-refractivity contribution in [2.75, 3.05) is 19.7 Å². The van der Waals surface area contributed by atoms with Crippen LogP contribution in [0.25, 0.3) is 0 Å². The molecule has 4 rings (SSSR count). The maximum atomic E-state index is 12.6. The van der Waals surface area contributed by atoms with Crippen molar-refractivity contribution in [2.24, 2.45) is 11.8 Å². The lowest BCUT2D eigenvalue weighted by molar-refractivity contribution is -0.156. The van der Waals surface area contributed by atoms with Crippen LogP contribution in [0.5, 0.6) is 0 Å². The molecule has 31 heavy (non-hydrogen) atoms. The number of hydrogen-bond donors (Lipinski definition) is 1. The van der Waals surface area contributed by atoms with E-state index >= 15 is 0 Å². The van der Waals surface area contributed by atoms with Gasteiger partial charge < -0.3 is 19.5 Å². The average Bonchev–Trinajstić information content (AvgIpc) is 3.20. The number of benzene rings is 1. The average molecular weight is 489 g/mol. The van der Waals surface area contributed by atoms with Gasteiger partial charge in [0.2, 0.25) is 0 Å². The van der Waals surface area contributed by atoms with Crippen LogP contribution in [0.1, 0.15) is 30.4 Å². The monoisotopic (exact) mass is 488 g/mol. The van der Waals surface area contributed by atoms with E-state index in [1.165, 1.54) is 0 Å². The van der Waals surface area contributed by atoms with Crippen LogP contribution in [0.2, 0.25) is 0 Å². The number of likely N-dealkylation sites (tertiary alicyclic amines) is 1. The number of fused-ring (bicyclic) bond motifs is 1. The van der Waals surface area contributed by atoms with E-state index in [1.807, 2.05) is 36.4 Å². The van der Waals surface area contributed by atoms with Gasteiger partial charge in [0.15, 0.2) is 0 Å². The number of nitrogens with zero attached hydrogens (tertiary/aromatic N) is 2. The summed E-state index contributed by atoms with van der Waals surface area (Å²) in [4.78, 5) is 29.8. The second kappa shape index (κ2) is 9.36. The number of halogens is 1. The molecular weight excluding hydrogens is 464 g/mol. The Labute approximate surface area is 189 Å². The SMILES string of the molecule is O=C(O)COC1(c2ccncc2Br)CCC2CN(C(=O)OCc3ccccc3)CC2C1. The van der Waals surface area contributed by atoms with Crippen molar-refractivity contribution in [2.45, 2.75) is 31.5 Å². The lowest BCUT2D eigenvalue weighted by Crippen LogP contribution is -2.40. The van der Waals surface area contributed by atoms with Gasteiger partial charge in [-0.25, -0.2) is 9.59 Å². The highest BCUT2D eigenvalue weighted by atomic mass is 79.9. The van der Waals surface area contributed by atoms with Gasteiger partial charge in [0.1, 0.15) is 13.2 Å². The zero-order chi connectivity index (χ0) is 21.8. The first-order valence-electron chi connectivity index (χ1n) is 10.4. The number of aliphatic carboxylic acids is 1. The van der Waals surface area contributed by atoms with Crippen LogP contribution < -0.4 is 0 Å². The Bertz CT molecular complexity index is 941. The first-order valence-corrected chi connectivity index (χ1v) is 11.2. The van der Waals surface area contributed by atoms with Gasteiger partial charge in [0.05, 0.1) is 5.60 Å². The topological polar surface area (TPSA) is 89.0 Å². The Kier molecular flexibility index (Phi) is 6.57. The third kappa shape index (κ3) is 4.91. The first kappa shape index (κ1) is 21.8. The van der Waals surface area contributed by atoms with E-state index in [1.54, 1.807) is 17.3 Å². The van der Waals surface area contributed by atoms with Crippen molar-refractivity contribution in [1.29, 1.82) is 0 Å². The van der Waals surface area contributed by atoms with E-state index < -0.39 is 11.6 Å². The smallest absolute Gasteiger partial charge is 0.410 e. The molecule has 2 heterocycles. The fraction of sp³-hybridized carbons (Fsp3) is 0.435. The van der Waals surface area contributed by atoms with E-state index in [0.717, 1.165) is 22.0 Å². The van der Waals surface area contributed by atoms with Crippen molar-refractivity contribution >= 4 is 28.0 Å². The summed E-state index contributed by atoms with van der Waals surface area (Å²) in [5.74, 6) is -0.428. The van der Waals surface area contributed by atoms with Crippen LogP contribution in [-0.2, 0) is 26.5 Å². The number of carbonyl (C=O) groups excluding carboxylic acids is 1. The number of aromatic nitrogens is 1. The molecule has 2 aliphatic rings. The maximum absolute atomic E-state index is 12.6. The number of ether oxygens (including phenoxy) is 2. The molecule has 1 aromatic heterocycles. The molecule has 8 heteroatoms. The Balaban J connectivity index is 1.45. The van der Waals surface area contributed by atoms with E-state index in [0.29, 0.717) is 31.8 Å². The van der Waals surface area contributed by atoms with Crippen molar-refractivity contribution in [1.82, 2.24) is 9.88 Å². The molecule has 1 N–H and O–H groups in total. The van der Waals surface area contributed by atoms with Crippen LogP contribution in [0, 0.1) is 11.8 Å². The normalized spacial score (nSPS) is 25.1. The van der Waals surface area contributed by atoms with Gasteiger partial charge in [0.25, 0.3) is 0 Å². The number of carbonyl (C=O) groups is 2. The standard InChI is InChI=1S/C23H25BrN2O5/c24-20-11-25-9-7-19(20)23(31-15-21(27)28)8-6-17-12-26(13-18(17)10-23)22(29)30-14-16-4-2-1-3-5-16/h1-5,7,9,11,17-18H,6,8,10,12-15H2,(H,27,28). The van der Waals surface area contributed by atoms with Crippen molar-refractivity contribution in [3.05, 3.63) is 64.4 Å². The van der Waals surface area contributed by atoms with E-state index in [4.69, 9.17) is 9.47 Å². The molecule has 0 radical (unpaired) electrons. The van der Waals surface area contributed by atoms with Gasteiger partial charge in [-0.1, -0.05) is 30.3 Å². The summed E-state index contributed by atoms with van der Waals surface area (Å²) in [5, 5.41) is 9.21. The van der Waals surface area contributed by atoms with Crippen LogP contribution in [0.3, 0.4) is 0 Å². The summed E-state index contributed by atoms with van der Waals surface area (Å²) in [7, 11) is 0. The summed E-state index contributed by atoms with van der Waals surface area (Å²) < 4.78 is 12.3. The van der Waals surface area contributed by atoms with Crippen LogP contribution in [-0.4, -0.2) is 46.7 Å². The lowest BCUT2D eigenvalue weighted by Gasteiger charge is -2.42. The molecule has 0 spiro atoms. The zero-order valence-electron chi connectivity index (χ0n) is 17.1. The fourth-order valence-corrected chi connectivity index (χ4v) is 5.41. The Morgan fingerprint density at radius 2 is 1.97 bits per heavy atom. The summed E-state index contributed by atoms with van der Waals surface area (Å²) >= 11 is 3.55. The Morgan fingerprint density at radius 1 is 1.19 bits per heavy atom. The molecule has 3 unspecified atom stereocenters. The summed E-state index contributed by atoms with van der Waals surface area (Å²) in [6.07, 6.45) is 5.28. The first-order chi connectivity index (χ1) is 15.0. The van der Waals surface area contributed by atoms with E-state index in [9.17, 15) is 14.7 Å². The van der Waals surface area contributed by atoms with Crippen molar-refractivity contribution < 1.29 is 24.2 Å². The molecule has 0 bridgehead atoms. The van der Waals surface area contributed by atoms with Crippen LogP contribution in [0.15, 0.2) is 53.3 Å². The van der Waals surface area contributed by atoms with Gasteiger partial charge in [0, 0.05) is 35.5 Å². The van der Waals surface area contributed by atoms with E-state index in [2.05, 4.69) is 20.9 Å². The minimum absolute atomic E-state index is 0.215. The van der Waals surface area contributed by atoms with Gasteiger partial charge in [-0.05, 0) is 58.7 Å². The number of carboxylic acid groups (broad SMARTS) is 1. The molecule has 1 saturated carbocycles. The summed E-state index contributed by atoms with van der Waals surface area (Å²) in [6.45, 7) is 1.13. The Hall–Kier alpha value is -2.45. The highest BCUT2D eigenvalue weighted by Crippen LogP contribution is 2.49. The van der Waals surface area contributed by atoms with Crippen LogP contribution in [0.4, 0.5) is 4.79 Å². The quantitative estimate of drug-likeness (QED) is 0.654. The number of rotatable bonds is 6. The second-order valence-corrected chi connectivity index (χ2v) is 9.09. The molecule has 1 aliphatic carbocycles. The van der Waals surface area contributed by atoms with Crippen molar-refractivity contribution in [3.63, 3.8) is 0 Å². The minimum Gasteiger partial charge on any atom is -0.480 e. The number of hydrogen-bond acceptors (Lipinski definition) is 5. The summed E-state index contributed by atoms with van der Waals surface area (Å²) in [5.41, 5.74) is 1.15. The summed E-state index contributed by atoms with van der Waals surface area (Å²) in [6, 6.07) is 11.5. The maximum Gasteiger partial charge on any atom is 0.410 e. The molecule has 2 aromatic rings. The predicted molar refractivity (Wildman–Crippen MR) is 116 cm³/mol. The highest BCUT2D eigenvalue weighted by Gasteiger charge is 2.48. The lowest BCUT2D eigenvalue weighted by atomic mass is 9.70. The predicted octanol–water partition coefficient (Wildman–Crippen LogP) is 4.21. The minimum atomic E-state index is -0.996. The van der Waals surface area contributed by atoms with Gasteiger partial charge >= 0.3 is 12.1 Å². The largest absolute Gasteiger partial charge is 0.480 e. The molecule has 1 amide bonds. The molecule has 3 atom stereocenters. The number of carboxylic acids is 1. The molecule has 1 saturated heterocycles. The van der Waals surface area contributed by atoms with Gasteiger partial charge in [-0.15, -0.1) is 0 Å². The zero-order valence-corrected chi connectivity index (χ0v) is 18.7. The third-order valence-electron chi connectivity index (χ3n) is 6.29. The molecule has 2 fully saturated rings. The van der Waals surface area contributed by atoms with E-state index in [-0.39, 0.29) is 25.2 Å². The highest BCUT2D eigenvalue weighted by molar-refractivity contribution is 9.10.